The Labute approximate surface area is 183 Å². The van der Waals surface area contributed by atoms with Gasteiger partial charge in [-0.2, -0.15) is 0 Å². The number of nitrogens with zero attached hydrogens (tertiary/aromatic N) is 4. The minimum Gasteiger partial charge on any atom is -0.345 e. The summed E-state index contributed by atoms with van der Waals surface area (Å²) in [7, 11) is 5.29. The standard InChI is InChI=1S/C23H24BrFN4O/c1-27(2)23(30)18-5-4-16(12-21(18)25)15-7-10-29(11-8-15)14-17-13-19-20(24)6-9-26-22(19)28(17)3/h4-7,9,12-13H,8,10-11,14H2,1-3H3. The average Bonchev–Trinajstić information content (AvgIpc) is 3.05. The monoisotopic (exact) mass is 470 g/mol. The number of carbonyl (C=O) groups excluding carboxylic acids is 1. The molecule has 0 saturated carbocycles. The van der Waals surface area contributed by atoms with E-state index in [0.717, 1.165) is 52.7 Å². The minimum absolute atomic E-state index is 0.109. The largest absolute Gasteiger partial charge is 0.345 e. The summed E-state index contributed by atoms with van der Waals surface area (Å²) in [6.45, 7) is 2.52. The van der Waals surface area contributed by atoms with Crippen molar-refractivity contribution in [2.45, 2.75) is 13.0 Å². The molecular weight excluding hydrogens is 447 g/mol. The van der Waals surface area contributed by atoms with Gasteiger partial charge in [-0.3, -0.25) is 9.69 Å². The molecule has 3 aromatic rings. The Balaban J connectivity index is 1.49. The van der Waals surface area contributed by atoms with Gasteiger partial charge in [0.15, 0.2) is 0 Å². The van der Waals surface area contributed by atoms with Gasteiger partial charge in [-0.1, -0.05) is 12.1 Å². The van der Waals surface area contributed by atoms with E-state index in [-0.39, 0.29) is 11.5 Å². The van der Waals surface area contributed by atoms with Crippen LogP contribution in [-0.4, -0.2) is 52.4 Å². The van der Waals surface area contributed by atoms with Crippen LogP contribution in [0.2, 0.25) is 0 Å². The molecule has 0 atom stereocenters. The predicted octanol–water partition coefficient (Wildman–Crippen LogP) is 4.47. The number of hydrogen-bond donors (Lipinski definition) is 0. The Hall–Kier alpha value is -2.51. The molecule has 0 bridgehead atoms. The molecule has 0 radical (unpaired) electrons. The Morgan fingerprint density at radius 1 is 1.27 bits per heavy atom. The van der Waals surface area contributed by atoms with Gasteiger partial charge in [0.25, 0.3) is 5.91 Å². The first-order valence-corrected chi connectivity index (χ1v) is 10.7. The van der Waals surface area contributed by atoms with Gasteiger partial charge in [0.05, 0.1) is 5.56 Å². The third-order valence-corrected chi connectivity index (χ3v) is 6.32. The number of carbonyl (C=O) groups is 1. The van der Waals surface area contributed by atoms with Crippen molar-refractivity contribution in [1.82, 2.24) is 19.4 Å². The fourth-order valence-electron chi connectivity index (χ4n) is 3.87. The summed E-state index contributed by atoms with van der Waals surface area (Å²) in [6, 6.07) is 9.04. The number of fused-ring (bicyclic) bond motifs is 1. The van der Waals surface area contributed by atoms with E-state index >= 15 is 0 Å². The van der Waals surface area contributed by atoms with Crippen LogP contribution in [0.4, 0.5) is 4.39 Å². The zero-order chi connectivity index (χ0) is 21.4. The molecule has 0 saturated heterocycles. The molecule has 156 valence electrons. The number of benzene rings is 1. The van der Waals surface area contributed by atoms with E-state index in [4.69, 9.17) is 0 Å². The van der Waals surface area contributed by atoms with Crippen LogP contribution in [0.1, 0.15) is 28.0 Å². The Kier molecular flexibility index (Phi) is 5.75. The first-order chi connectivity index (χ1) is 14.3. The van der Waals surface area contributed by atoms with Gasteiger partial charge in [0, 0.05) is 62.5 Å². The highest BCUT2D eigenvalue weighted by molar-refractivity contribution is 9.10. The van der Waals surface area contributed by atoms with Crippen molar-refractivity contribution in [2.24, 2.45) is 7.05 Å². The Morgan fingerprint density at radius 3 is 2.70 bits per heavy atom. The van der Waals surface area contributed by atoms with Crippen molar-refractivity contribution in [3.63, 3.8) is 0 Å². The number of aromatic nitrogens is 2. The second kappa shape index (κ2) is 8.32. The third kappa shape index (κ3) is 3.91. The van der Waals surface area contributed by atoms with Crippen LogP contribution in [0, 0.1) is 5.82 Å². The average molecular weight is 471 g/mol. The van der Waals surface area contributed by atoms with E-state index in [1.165, 1.54) is 16.7 Å². The highest BCUT2D eigenvalue weighted by atomic mass is 79.9. The molecule has 0 aliphatic carbocycles. The van der Waals surface area contributed by atoms with Crippen molar-refractivity contribution >= 4 is 38.4 Å². The van der Waals surface area contributed by atoms with Gasteiger partial charge < -0.3 is 9.47 Å². The zero-order valence-electron chi connectivity index (χ0n) is 17.3. The predicted molar refractivity (Wildman–Crippen MR) is 121 cm³/mol. The first-order valence-electron chi connectivity index (χ1n) is 9.87. The maximum Gasteiger partial charge on any atom is 0.256 e. The summed E-state index contributed by atoms with van der Waals surface area (Å²) < 4.78 is 17.6. The fourth-order valence-corrected chi connectivity index (χ4v) is 4.28. The zero-order valence-corrected chi connectivity index (χ0v) is 18.9. The summed E-state index contributed by atoms with van der Waals surface area (Å²) in [5, 5.41) is 1.12. The van der Waals surface area contributed by atoms with Crippen LogP contribution in [0.5, 0.6) is 0 Å². The Morgan fingerprint density at radius 2 is 2.07 bits per heavy atom. The Bertz CT molecular complexity index is 1150. The molecule has 4 rings (SSSR count). The molecule has 0 unspecified atom stereocenters. The van der Waals surface area contributed by atoms with Crippen LogP contribution in [0.15, 0.2) is 47.1 Å². The number of halogens is 2. The highest BCUT2D eigenvalue weighted by Crippen LogP contribution is 2.28. The quantitative estimate of drug-likeness (QED) is 0.564. The summed E-state index contributed by atoms with van der Waals surface area (Å²) in [5.41, 5.74) is 4.25. The van der Waals surface area contributed by atoms with Crippen molar-refractivity contribution in [2.75, 3.05) is 27.2 Å². The van der Waals surface area contributed by atoms with Gasteiger partial charge in [0.2, 0.25) is 0 Å². The summed E-state index contributed by atoms with van der Waals surface area (Å²) in [4.78, 5) is 20.3. The lowest BCUT2D eigenvalue weighted by molar-refractivity contribution is 0.0823. The number of aryl methyl sites for hydroxylation is 1. The minimum atomic E-state index is -0.469. The second-order valence-corrected chi connectivity index (χ2v) is 8.69. The number of pyridine rings is 1. The second-order valence-electron chi connectivity index (χ2n) is 7.83. The summed E-state index contributed by atoms with van der Waals surface area (Å²) in [5.74, 6) is -0.790. The van der Waals surface area contributed by atoms with Gasteiger partial charge in [-0.15, -0.1) is 0 Å². The molecule has 0 spiro atoms. The lowest BCUT2D eigenvalue weighted by atomic mass is 9.97. The van der Waals surface area contributed by atoms with Crippen LogP contribution in [0.3, 0.4) is 0 Å². The molecule has 7 heteroatoms. The van der Waals surface area contributed by atoms with E-state index in [1.807, 2.05) is 25.4 Å². The summed E-state index contributed by atoms with van der Waals surface area (Å²) in [6.07, 6.45) is 4.80. The molecule has 1 aliphatic heterocycles. The maximum absolute atomic E-state index is 14.5. The maximum atomic E-state index is 14.5. The lowest BCUT2D eigenvalue weighted by Gasteiger charge is -2.26. The van der Waals surface area contributed by atoms with Gasteiger partial charge in [0.1, 0.15) is 11.5 Å². The first kappa shape index (κ1) is 20.8. The third-order valence-electron chi connectivity index (χ3n) is 5.63. The summed E-state index contributed by atoms with van der Waals surface area (Å²) >= 11 is 3.60. The van der Waals surface area contributed by atoms with Gasteiger partial charge in [-0.05, 0) is 57.8 Å². The molecule has 0 fully saturated rings. The van der Waals surface area contributed by atoms with Crippen molar-refractivity contribution < 1.29 is 9.18 Å². The number of amides is 1. The van der Waals surface area contributed by atoms with Crippen LogP contribution < -0.4 is 0 Å². The van der Waals surface area contributed by atoms with Gasteiger partial charge >= 0.3 is 0 Å². The van der Waals surface area contributed by atoms with E-state index in [0.29, 0.717) is 0 Å². The highest BCUT2D eigenvalue weighted by Gasteiger charge is 2.19. The normalized spacial score (nSPS) is 14.8. The molecule has 2 aromatic heterocycles. The van der Waals surface area contributed by atoms with E-state index in [1.54, 1.807) is 20.2 Å². The smallest absolute Gasteiger partial charge is 0.256 e. The molecule has 1 aliphatic rings. The van der Waals surface area contributed by atoms with E-state index in [2.05, 4.69) is 42.5 Å². The SMILES string of the molecule is CN(C)C(=O)c1ccc(C2=CCN(Cc3cc4c(Br)ccnc4n3C)CC2)cc1F. The molecule has 3 heterocycles. The number of hydrogen-bond acceptors (Lipinski definition) is 3. The van der Waals surface area contributed by atoms with Crippen LogP contribution >= 0.6 is 15.9 Å². The van der Waals surface area contributed by atoms with E-state index < -0.39 is 5.82 Å². The van der Waals surface area contributed by atoms with E-state index in [9.17, 15) is 9.18 Å². The molecular formula is C23H24BrFN4O. The topological polar surface area (TPSA) is 41.4 Å². The van der Waals surface area contributed by atoms with Crippen molar-refractivity contribution in [1.29, 1.82) is 0 Å². The van der Waals surface area contributed by atoms with Crippen molar-refractivity contribution in [3.8, 4) is 0 Å². The van der Waals surface area contributed by atoms with Gasteiger partial charge in [-0.25, -0.2) is 9.37 Å². The molecule has 1 aromatic carbocycles. The molecule has 30 heavy (non-hydrogen) atoms. The molecule has 0 N–H and O–H groups in total. The number of rotatable bonds is 4. The van der Waals surface area contributed by atoms with Crippen molar-refractivity contribution in [3.05, 3.63) is 69.7 Å². The molecule has 1 amide bonds. The molecule has 5 nitrogen and oxygen atoms in total. The fraction of sp³-hybridized carbons (Fsp3) is 0.304. The lowest BCUT2D eigenvalue weighted by Crippen LogP contribution is -2.29. The van der Waals surface area contributed by atoms with Crippen LogP contribution in [0.25, 0.3) is 16.6 Å². The van der Waals surface area contributed by atoms with Crippen LogP contribution in [-0.2, 0) is 13.6 Å².